The van der Waals surface area contributed by atoms with E-state index in [9.17, 15) is 0 Å². The molecule has 0 unspecified atom stereocenters. The van der Waals surface area contributed by atoms with Crippen LogP contribution in [0.2, 0.25) is 0 Å². The lowest BCUT2D eigenvalue weighted by Crippen LogP contribution is -1.88. The number of rotatable bonds is 6. The highest BCUT2D eigenvalue weighted by Crippen LogP contribution is 2.41. The van der Waals surface area contributed by atoms with E-state index < -0.39 is 0 Å². The Bertz CT molecular complexity index is 3670. The Hall–Kier alpha value is -8.20. The number of hydrogen-bond acceptors (Lipinski definition) is 2. The zero-order valence-electron chi connectivity index (χ0n) is 33.7. The number of nitrogens with zero attached hydrogens (tertiary/aromatic N) is 2. The molecule has 62 heavy (non-hydrogen) atoms. The fraction of sp³-hybridized carbons (Fsp3) is 0. The van der Waals surface area contributed by atoms with E-state index in [1.165, 1.54) is 86.9 Å². The zero-order valence-corrected chi connectivity index (χ0v) is 33.7. The van der Waals surface area contributed by atoms with Gasteiger partial charge in [-0.25, -0.2) is 9.97 Å². The van der Waals surface area contributed by atoms with Crippen molar-refractivity contribution in [3.63, 3.8) is 0 Å². The van der Waals surface area contributed by atoms with Gasteiger partial charge in [0.25, 0.3) is 0 Å². The average molecular weight is 785 g/mol. The van der Waals surface area contributed by atoms with Crippen molar-refractivity contribution in [2.24, 2.45) is 0 Å². The topological polar surface area (TPSA) is 25.8 Å². The highest BCUT2D eigenvalue weighted by atomic mass is 14.7. The number of benzene rings is 11. The lowest BCUT2D eigenvalue weighted by Gasteiger charge is -2.14. The van der Waals surface area contributed by atoms with Gasteiger partial charge in [0.15, 0.2) is 0 Å². The molecule has 0 bridgehead atoms. The van der Waals surface area contributed by atoms with Gasteiger partial charge in [0.2, 0.25) is 0 Å². The van der Waals surface area contributed by atoms with Gasteiger partial charge in [0.1, 0.15) is 0 Å². The summed E-state index contributed by atoms with van der Waals surface area (Å²) in [5, 5.41) is 17.9. The second-order valence-electron chi connectivity index (χ2n) is 16.6. The Morgan fingerprint density at radius 3 is 1.08 bits per heavy atom. The Kier molecular flexibility index (Phi) is 7.64. The lowest BCUT2D eigenvalue weighted by molar-refractivity contribution is 1.37. The van der Waals surface area contributed by atoms with Gasteiger partial charge in [-0.15, -0.1) is 0 Å². The third-order valence-electron chi connectivity index (χ3n) is 12.9. The first-order valence-corrected chi connectivity index (χ1v) is 21.3. The van der Waals surface area contributed by atoms with E-state index >= 15 is 0 Å². The second-order valence-corrected chi connectivity index (χ2v) is 16.6. The average Bonchev–Trinajstić information content (AvgIpc) is 3.33. The van der Waals surface area contributed by atoms with Gasteiger partial charge in [-0.2, -0.15) is 0 Å². The van der Waals surface area contributed by atoms with Crippen molar-refractivity contribution < 1.29 is 0 Å². The summed E-state index contributed by atoms with van der Waals surface area (Å²) in [6.07, 6.45) is 8.44. The van der Waals surface area contributed by atoms with Crippen molar-refractivity contribution >= 4 is 111 Å². The van der Waals surface area contributed by atoms with E-state index in [1.807, 2.05) is 0 Å². The largest absolute Gasteiger partial charge is 0.248 e. The number of pyridine rings is 2. The van der Waals surface area contributed by atoms with Crippen molar-refractivity contribution in [2.75, 3.05) is 0 Å². The molecule has 0 fully saturated rings. The molecule has 0 radical (unpaired) electrons. The Labute approximate surface area is 358 Å². The van der Waals surface area contributed by atoms with Gasteiger partial charge < -0.3 is 0 Å². The maximum Gasteiger partial charge on any atom is 0.0709 e. The molecule has 11 aromatic carbocycles. The van der Waals surface area contributed by atoms with Crippen molar-refractivity contribution in [3.8, 4) is 22.3 Å². The van der Waals surface area contributed by atoms with Gasteiger partial charge in [0.05, 0.1) is 22.4 Å². The van der Waals surface area contributed by atoms with Crippen LogP contribution < -0.4 is 0 Å². The van der Waals surface area contributed by atoms with Crippen LogP contribution in [0.15, 0.2) is 194 Å². The summed E-state index contributed by atoms with van der Waals surface area (Å²) in [6, 6.07) is 70.6. The van der Waals surface area contributed by atoms with E-state index in [-0.39, 0.29) is 0 Å². The fourth-order valence-corrected chi connectivity index (χ4v) is 9.86. The molecule has 286 valence electrons. The maximum absolute atomic E-state index is 5.00. The number of fused-ring (bicyclic) bond motifs is 2. The predicted molar refractivity (Wildman–Crippen MR) is 266 cm³/mol. The summed E-state index contributed by atoms with van der Waals surface area (Å²) >= 11 is 0. The summed E-state index contributed by atoms with van der Waals surface area (Å²) in [6.45, 7) is 0. The standard InChI is InChI=1S/C60H36N2/c1-3-39-13-15-43-19-29-51(53-31-21-41(5-1)57(39)59(43)53)45-23-33-55-47(35-45)17-27-49(61-55)25-11-37-7-9-38(10-8-37)12-26-50-28-18-48-36-46(24-34-56(48)62-50)52-30-20-44-16-14-40-4-2-6-42-22-32-54(52)60(44)58(40)42/h1-36H. The van der Waals surface area contributed by atoms with E-state index in [2.05, 4.69) is 218 Å². The van der Waals surface area contributed by atoms with Crippen LogP contribution >= 0.6 is 0 Å². The molecule has 0 atom stereocenters. The summed E-state index contributed by atoms with van der Waals surface area (Å²) in [4.78, 5) is 10.00. The van der Waals surface area contributed by atoms with E-state index in [1.54, 1.807) is 0 Å². The molecular weight excluding hydrogens is 749 g/mol. The molecule has 13 rings (SSSR count). The van der Waals surface area contributed by atoms with Crippen molar-refractivity contribution in [3.05, 3.63) is 217 Å². The monoisotopic (exact) mass is 784 g/mol. The highest BCUT2D eigenvalue weighted by Gasteiger charge is 2.14. The first-order chi connectivity index (χ1) is 30.7. The van der Waals surface area contributed by atoms with E-state index in [4.69, 9.17) is 9.97 Å². The highest BCUT2D eigenvalue weighted by molar-refractivity contribution is 6.26. The molecule has 13 aromatic rings. The quantitative estimate of drug-likeness (QED) is 0.157. The van der Waals surface area contributed by atoms with Crippen LogP contribution in [0.4, 0.5) is 0 Å². The molecule has 0 saturated heterocycles. The van der Waals surface area contributed by atoms with Crippen molar-refractivity contribution in [1.82, 2.24) is 9.97 Å². The van der Waals surface area contributed by atoms with Crippen LogP contribution in [-0.2, 0) is 0 Å². The van der Waals surface area contributed by atoms with Crippen molar-refractivity contribution in [1.29, 1.82) is 0 Å². The molecule has 2 heterocycles. The Morgan fingerprint density at radius 1 is 0.274 bits per heavy atom. The van der Waals surface area contributed by atoms with Crippen LogP contribution in [0.5, 0.6) is 0 Å². The SMILES string of the molecule is C(=Cc1ccc2cc(-c3ccc4ccc5cccc6ccc3c4c56)ccc2n1)c1ccc(C=Cc2ccc3cc(-c4ccc5ccc6cccc7ccc4c5c67)ccc3n2)cc1. The minimum atomic E-state index is 0.933. The summed E-state index contributed by atoms with van der Waals surface area (Å²) in [5.41, 5.74) is 11.0. The molecule has 0 saturated carbocycles. The summed E-state index contributed by atoms with van der Waals surface area (Å²) < 4.78 is 0. The Morgan fingerprint density at radius 2 is 0.645 bits per heavy atom. The molecule has 0 N–H and O–H groups in total. The van der Waals surface area contributed by atoms with Gasteiger partial charge in [-0.05, 0) is 147 Å². The van der Waals surface area contributed by atoms with Gasteiger partial charge in [-0.3, -0.25) is 0 Å². The molecule has 0 spiro atoms. The summed E-state index contributed by atoms with van der Waals surface area (Å²) in [7, 11) is 0. The van der Waals surface area contributed by atoms with E-state index in [0.717, 1.165) is 44.3 Å². The van der Waals surface area contributed by atoms with Gasteiger partial charge in [-0.1, -0.05) is 170 Å². The lowest BCUT2D eigenvalue weighted by atomic mass is 9.89. The Balaban J connectivity index is 0.717. The third-order valence-corrected chi connectivity index (χ3v) is 12.9. The van der Waals surface area contributed by atoms with Crippen LogP contribution in [0.3, 0.4) is 0 Å². The van der Waals surface area contributed by atoms with Crippen LogP contribution in [-0.4, -0.2) is 9.97 Å². The summed E-state index contributed by atoms with van der Waals surface area (Å²) in [5.74, 6) is 0. The number of aromatic nitrogens is 2. The first-order valence-electron chi connectivity index (χ1n) is 21.3. The van der Waals surface area contributed by atoms with Crippen molar-refractivity contribution in [2.45, 2.75) is 0 Å². The van der Waals surface area contributed by atoms with Crippen LogP contribution in [0, 0.1) is 0 Å². The molecule has 2 heteroatoms. The first kappa shape index (κ1) is 34.6. The predicted octanol–water partition coefficient (Wildman–Crippen LogP) is 16.3. The molecular formula is C60H36N2. The molecule has 2 nitrogen and oxygen atoms in total. The molecule has 0 aliphatic rings. The zero-order chi connectivity index (χ0) is 40.7. The minimum absolute atomic E-state index is 0.933. The van der Waals surface area contributed by atoms with Crippen LogP contribution in [0.25, 0.3) is 133 Å². The van der Waals surface area contributed by atoms with Crippen LogP contribution in [0.1, 0.15) is 22.5 Å². The maximum atomic E-state index is 5.00. The van der Waals surface area contributed by atoms with E-state index in [0.29, 0.717) is 0 Å². The molecule has 0 aliphatic carbocycles. The minimum Gasteiger partial charge on any atom is -0.248 e. The fourth-order valence-electron chi connectivity index (χ4n) is 9.86. The normalized spacial score (nSPS) is 12.4. The van der Waals surface area contributed by atoms with Gasteiger partial charge >= 0.3 is 0 Å². The molecule has 0 amide bonds. The third kappa shape index (κ3) is 5.65. The second kappa shape index (κ2) is 13.7. The smallest absolute Gasteiger partial charge is 0.0709 e. The number of hydrogen-bond donors (Lipinski definition) is 0. The van der Waals surface area contributed by atoms with Gasteiger partial charge in [0, 0.05) is 10.8 Å². The molecule has 2 aromatic heterocycles. The molecule has 0 aliphatic heterocycles.